The smallest absolute Gasteiger partial charge is 0.104 e. The van der Waals surface area contributed by atoms with Gasteiger partial charge in [-0.15, -0.1) is 0 Å². The fourth-order valence-corrected chi connectivity index (χ4v) is 2.85. The molecule has 0 unspecified atom stereocenters. The molecule has 0 aliphatic heterocycles. The molecule has 0 saturated carbocycles. The van der Waals surface area contributed by atoms with E-state index in [2.05, 4.69) is 43.7 Å². The molecular weight excluding hydrogens is 228 g/mol. The number of hydrogen-bond donors (Lipinski definition) is 0. The summed E-state index contributed by atoms with van der Waals surface area (Å²) < 4.78 is 5.61. The summed E-state index contributed by atoms with van der Waals surface area (Å²) >= 11 is 1.77. The third-order valence-corrected chi connectivity index (χ3v) is 3.76. The van der Waals surface area contributed by atoms with E-state index in [-0.39, 0.29) is 5.41 Å². The van der Waals surface area contributed by atoms with Gasteiger partial charge in [-0.05, 0) is 52.3 Å². The van der Waals surface area contributed by atoms with Gasteiger partial charge in [-0.3, -0.25) is 0 Å². The molecule has 2 rings (SSSR count). The van der Waals surface area contributed by atoms with Gasteiger partial charge in [-0.1, -0.05) is 20.8 Å². The predicted octanol–water partition coefficient (Wildman–Crippen LogP) is 4.71. The predicted molar refractivity (Wildman–Crippen MR) is 73.6 cm³/mol. The molecule has 0 aliphatic carbocycles. The van der Waals surface area contributed by atoms with Gasteiger partial charge in [0.05, 0.1) is 6.26 Å². The van der Waals surface area contributed by atoms with Crippen LogP contribution in [0.15, 0.2) is 33.6 Å². The molecule has 17 heavy (non-hydrogen) atoms. The highest BCUT2D eigenvalue weighted by molar-refractivity contribution is 7.07. The summed E-state index contributed by atoms with van der Waals surface area (Å²) in [5.74, 6) is 1.11. The summed E-state index contributed by atoms with van der Waals surface area (Å²) in [6.07, 6.45) is 5.05. The number of hydrogen-bond acceptors (Lipinski definition) is 2. The van der Waals surface area contributed by atoms with E-state index >= 15 is 0 Å². The Morgan fingerprint density at radius 1 is 1.24 bits per heavy atom. The van der Waals surface area contributed by atoms with E-state index in [1.165, 1.54) is 11.1 Å². The van der Waals surface area contributed by atoms with Gasteiger partial charge in [-0.2, -0.15) is 11.3 Å². The van der Waals surface area contributed by atoms with Crippen LogP contribution in [0.1, 0.15) is 37.7 Å². The van der Waals surface area contributed by atoms with Crippen molar-refractivity contribution in [2.24, 2.45) is 5.41 Å². The van der Waals surface area contributed by atoms with Gasteiger partial charge in [-0.25, -0.2) is 0 Å². The molecular formula is C15H20OS. The quantitative estimate of drug-likeness (QED) is 0.746. The first-order valence-corrected chi connectivity index (χ1v) is 7.11. The SMILES string of the molecule is CCc1coc(CC(C)(C)Cc2ccsc2)c1. The van der Waals surface area contributed by atoms with Crippen molar-refractivity contribution < 1.29 is 4.42 Å². The highest BCUT2D eigenvalue weighted by atomic mass is 32.1. The normalized spacial score (nSPS) is 11.9. The zero-order chi connectivity index (χ0) is 12.3. The molecule has 92 valence electrons. The molecule has 0 spiro atoms. The van der Waals surface area contributed by atoms with Crippen LogP contribution in [0.4, 0.5) is 0 Å². The van der Waals surface area contributed by atoms with Gasteiger partial charge in [0.1, 0.15) is 5.76 Å². The molecule has 0 aliphatic rings. The van der Waals surface area contributed by atoms with E-state index < -0.39 is 0 Å². The molecule has 2 heteroatoms. The molecule has 0 N–H and O–H groups in total. The highest BCUT2D eigenvalue weighted by Crippen LogP contribution is 2.28. The minimum Gasteiger partial charge on any atom is -0.469 e. The van der Waals surface area contributed by atoms with Crippen molar-refractivity contribution in [3.63, 3.8) is 0 Å². The van der Waals surface area contributed by atoms with Crippen molar-refractivity contribution >= 4 is 11.3 Å². The van der Waals surface area contributed by atoms with Crippen LogP contribution in [0.3, 0.4) is 0 Å². The van der Waals surface area contributed by atoms with E-state index in [0.29, 0.717) is 0 Å². The molecule has 0 aromatic carbocycles. The van der Waals surface area contributed by atoms with Crippen molar-refractivity contribution in [2.45, 2.75) is 40.0 Å². The van der Waals surface area contributed by atoms with E-state index in [4.69, 9.17) is 4.42 Å². The van der Waals surface area contributed by atoms with Crippen molar-refractivity contribution in [2.75, 3.05) is 0 Å². The Labute approximate surface area is 107 Å². The summed E-state index contributed by atoms with van der Waals surface area (Å²) in [5, 5.41) is 4.38. The summed E-state index contributed by atoms with van der Waals surface area (Å²) in [5.41, 5.74) is 2.98. The fraction of sp³-hybridized carbons (Fsp3) is 0.467. The van der Waals surface area contributed by atoms with Crippen LogP contribution in [-0.4, -0.2) is 0 Å². The third kappa shape index (κ3) is 3.47. The van der Waals surface area contributed by atoms with Crippen LogP contribution in [-0.2, 0) is 19.3 Å². The van der Waals surface area contributed by atoms with Crippen LogP contribution in [0, 0.1) is 5.41 Å². The second kappa shape index (κ2) is 5.09. The van der Waals surface area contributed by atoms with Crippen molar-refractivity contribution in [1.82, 2.24) is 0 Å². The molecule has 0 bridgehead atoms. The molecule has 2 heterocycles. The lowest BCUT2D eigenvalue weighted by Gasteiger charge is -2.22. The van der Waals surface area contributed by atoms with Crippen LogP contribution < -0.4 is 0 Å². The molecule has 0 fully saturated rings. The number of rotatable bonds is 5. The van der Waals surface area contributed by atoms with Crippen molar-refractivity contribution in [3.05, 3.63) is 46.0 Å². The lowest BCUT2D eigenvalue weighted by molar-refractivity contribution is 0.326. The first-order valence-electron chi connectivity index (χ1n) is 6.16. The second-order valence-electron chi connectivity index (χ2n) is 5.42. The Bertz CT molecular complexity index is 451. The maximum Gasteiger partial charge on any atom is 0.104 e. The van der Waals surface area contributed by atoms with E-state index in [0.717, 1.165) is 25.0 Å². The number of furan rings is 1. The van der Waals surface area contributed by atoms with E-state index in [9.17, 15) is 0 Å². The Morgan fingerprint density at radius 2 is 2.06 bits per heavy atom. The Balaban J connectivity index is 2.01. The summed E-state index contributed by atoms with van der Waals surface area (Å²) in [6, 6.07) is 4.40. The average molecular weight is 248 g/mol. The number of aryl methyl sites for hydroxylation is 1. The first-order chi connectivity index (χ1) is 8.09. The van der Waals surface area contributed by atoms with Gasteiger partial charge in [0.25, 0.3) is 0 Å². The topological polar surface area (TPSA) is 13.1 Å². The van der Waals surface area contributed by atoms with Crippen LogP contribution >= 0.6 is 11.3 Å². The minimum absolute atomic E-state index is 0.254. The minimum atomic E-state index is 0.254. The van der Waals surface area contributed by atoms with E-state index in [1.807, 2.05) is 6.26 Å². The van der Waals surface area contributed by atoms with Gasteiger partial charge >= 0.3 is 0 Å². The lowest BCUT2D eigenvalue weighted by Crippen LogP contribution is -2.17. The van der Waals surface area contributed by atoms with Crippen molar-refractivity contribution in [3.8, 4) is 0 Å². The Hall–Kier alpha value is -1.02. The summed E-state index contributed by atoms with van der Waals surface area (Å²) in [7, 11) is 0. The monoisotopic (exact) mass is 248 g/mol. The van der Waals surface area contributed by atoms with Gasteiger partial charge in [0.15, 0.2) is 0 Å². The molecule has 2 aromatic rings. The maximum atomic E-state index is 5.61. The van der Waals surface area contributed by atoms with Crippen LogP contribution in [0.25, 0.3) is 0 Å². The average Bonchev–Trinajstić information content (AvgIpc) is 2.88. The zero-order valence-corrected chi connectivity index (χ0v) is 11.6. The molecule has 0 amide bonds. The fourth-order valence-electron chi connectivity index (χ4n) is 2.18. The van der Waals surface area contributed by atoms with Gasteiger partial charge in [0.2, 0.25) is 0 Å². The lowest BCUT2D eigenvalue weighted by atomic mass is 9.82. The molecule has 2 aromatic heterocycles. The largest absolute Gasteiger partial charge is 0.469 e. The standard InChI is InChI=1S/C15H20OS/c1-4-12-7-14(16-10-12)9-15(2,3)8-13-5-6-17-11-13/h5-7,10-11H,4,8-9H2,1-3H3. The second-order valence-corrected chi connectivity index (χ2v) is 6.20. The summed E-state index contributed by atoms with van der Waals surface area (Å²) in [4.78, 5) is 0. The van der Waals surface area contributed by atoms with Crippen molar-refractivity contribution in [1.29, 1.82) is 0 Å². The third-order valence-electron chi connectivity index (χ3n) is 3.03. The summed E-state index contributed by atoms with van der Waals surface area (Å²) in [6.45, 7) is 6.77. The molecule has 1 nitrogen and oxygen atoms in total. The number of thiophene rings is 1. The van der Waals surface area contributed by atoms with Crippen LogP contribution in [0.2, 0.25) is 0 Å². The van der Waals surface area contributed by atoms with E-state index in [1.54, 1.807) is 11.3 Å². The van der Waals surface area contributed by atoms with Gasteiger partial charge < -0.3 is 4.42 Å². The van der Waals surface area contributed by atoms with Crippen LogP contribution in [0.5, 0.6) is 0 Å². The Morgan fingerprint density at radius 3 is 2.65 bits per heavy atom. The molecule has 0 atom stereocenters. The molecule has 0 radical (unpaired) electrons. The Kier molecular flexibility index (Phi) is 3.72. The first kappa shape index (κ1) is 12.4. The molecule has 0 saturated heterocycles. The highest BCUT2D eigenvalue weighted by Gasteiger charge is 2.21. The van der Waals surface area contributed by atoms with Gasteiger partial charge in [0, 0.05) is 6.42 Å². The maximum absolute atomic E-state index is 5.61. The zero-order valence-electron chi connectivity index (χ0n) is 10.8.